The van der Waals surface area contributed by atoms with Crippen LogP contribution in [0.5, 0.6) is 0 Å². The summed E-state index contributed by atoms with van der Waals surface area (Å²) in [6.07, 6.45) is 6.98. The predicted molar refractivity (Wildman–Crippen MR) is 99.3 cm³/mol. The Morgan fingerprint density at radius 3 is 2.65 bits per heavy atom. The lowest BCUT2D eigenvalue weighted by Crippen LogP contribution is -2.30. The maximum Gasteiger partial charge on any atom is 0.220 e. The Balaban J connectivity index is 1.52. The lowest BCUT2D eigenvalue weighted by molar-refractivity contribution is -0.120. The minimum absolute atomic E-state index is 0.139. The van der Waals surface area contributed by atoms with Crippen LogP contribution >= 0.6 is 23.4 Å². The number of hydrogen-bond donors (Lipinski definition) is 1. The number of thioether (sulfide) groups is 1. The average Bonchev–Trinajstić information content (AvgIpc) is 2.82. The molecular weight excluding hydrogens is 328 g/mol. The molecule has 0 radical (unpaired) electrons. The van der Waals surface area contributed by atoms with Crippen molar-refractivity contribution in [3.05, 3.63) is 29.3 Å². The SMILES string of the molecule is O=C(CCSc1ccccc1Cl)NCCCN1CCCCCC1. The third-order valence-electron chi connectivity index (χ3n) is 4.10. The van der Waals surface area contributed by atoms with Gasteiger partial charge in [0.25, 0.3) is 0 Å². The molecule has 1 aliphatic heterocycles. The van der Waals surface area contributed by atoms with Gasteiger partial charge < -0.3 is 10.2 Å². The van der Waals surface area contributed by atoms with Crippen molar-refractivity contribution in [3.8, 4) is 0 Å². The van der Waals surface area contributed by atoms with E-state index in [-0.39, 0.29) is 5.91 Å². The number of carbonyl (C=O) groups is 1. The first-order valence-corrected chi connectivity index (χ1v) is 9.98. The van der Waals surface area contributed by atoms with Crippen molar-refractivity contribution in [2.45, 2.75) is 43.4 Å². The van der Waals surface area contributed by atoms with Crippen molar-refractivity contribution >= 4 is 29.3 Å². The molecule has 1 saturated heterocycles. The summed E-state index contributed by atoms with van der Waals surface area (Å²) in [5.74, 6) is 0.905. The number of hydrogen-bond acceptors (Lipinski definition) is 3. The van der Waals surface area contributed by atoms with Crippen molar-refractivity contribution < 1.29 is 4.79 Å². The molecule has 128 valence electrons. The Morgan fingerprint density at radius 1 is 1.17 bits per heavy atom. The summed E-state index contributed by atoms with van der Waals surface area (Å²) in [6.45, 7) is 4.34. The Bertz CT molecular complexity index is 476. The second kappa shape index (κ2) is 11.0. The van der Waals surface area contributed by atoms with E-state index in [1.165, 1.54) is 38.8 Å². The van der Waals surface area contributed by atoms with Crippen molar-refractivity contribution in [1.29, 1.82) is 0 Å². The molecule has 1 N–H and O–H groups in total. The molecule has 0 saturated carbocycles. The molecular formula is C18H27ClN2OS. The van der Waals surface area contributed by atoms with Crippen LogP contribution in [0.3, 0.4) is 0 Å². The molecule has 3 nitrogen and oxygen atoms in total. The van der Waals surface area contributed by atoms with Crippen molar-refractivity contribution in [2.24, 2.45) is 0 Å². The first-order valence-electron chi connectivity index (χ1n) is 8.62. The Morgan fingerprint density at radius 2 is 1.91 bits per heavy atom. The number of rotatable bonds is 8. The quantitative estimate of drug-likeness (QED) is 0.560. The van der Waals surface area contributed by atoms with Crippen LogP contribution in [0.4, 0.5) is 0 Å². The average molecular weight is 355 g/mol. The van der Waals surface area contributed by atoms with E-state index >= 15 is 0 Å². The van der Waals surface area contributed by atoms with Crippen molar-refractivity contribution in [2.75, 3.05) is 31.9 Å². The minimum Gasteiger partial charge on any atom is -0.356 e. The van der Waals surface area contributed by atoms with E-state index < -0.39 is 0 Å². The highest BCUT2D eigenvalue weighted by molar-refractivity contribution is 7.99. The van der Waals surface area contributed by atoms with Crippen LogP contribution in [0.1, 0.15) is 38.5 Å². The van der Waals surface area contributed by atoms with Gasteiger partial charge >= 0.3 is 0 Å². The van der Waals surface area contributed by atoms with Crippen molar-refractivity contribution in [1.82, 2.24) is 10.2 Å². The van der Waals surface area contributed by atoms with Gasteiger partial charge in [-0.25, -0.2) is 0 Å². The van der Waals surface area contributed by atoms with Gasteiger partial charge in [0.1, 0.15) is 0 Å². The fourth-order valence-corrected chi connectivity index (χ4v) is 3.98. The Labute approximate surface area is 149 Å². The number of nitrogens with zero attached hydrogens (tertiary/aromatic N) is 1. The fraction of sp³-hybridized carbons (Fsp3) is 0.611. The molecule has 1 aromatic carbocycles. The minimum atomic E-state index is 0.139. The lowest BCUT2D eigenvalue weighted by atomic mass is 10.2. The standard InChI is InChI=1S/C18H27ClN2OS/c19-16-8-3-4-9-17(16)23-15-10-18(22)20-11-7-14-21-12-5-1-2-6-13-21/h3-4,8-9H,1-2,5-7,10-15H2,(H,20,22). The van der Waals surface area contributed by atoms with E-state index in [0.29, 0.717) is 6.42 Å². The second-order valence-corrected chi connectivity index (χ2v) is 7.53. The monoisotopic (exact) mass is 354 g/mol. The molecule has 0 spiro atoms. The number of amides is 1. The van der Waals surface area contributed by atoms with Gasteiger partial charge in [-0.1, -0.05) is 36.6 Å². The molecule has 0 aliphatic carbocycles. The van der Waals surface area contributed by atoms with E-state index in [0.717, 1.165) is 35.2 Å². The van der Waals surface area contributed by atoms with Gasteiger partial charge in [0.15, 0.2) is 0 Å². The van der Waals surface area contributed by atoms with Gasteiger partial charge in [-0.2, -0.15) is 0 Å². The van der Waals surface area contributed by atoms with Crippen LogP contribution in [-0.4, -0.2) is 42.7 Å². The normalized spacial score (nSPS) is 16.0. The summed E-state index contributed by atoms with van der Waals surface area (Å²) in [4.78, 5) is 15.4. The van der Waals surface area contributed by atoms with E-state index in [2.05, 4.69) is 10.2 Å². The molecule has 23 heavy (non-hydrogen) atoms. The number of halogens is 1. The Kier molecular flexibility index (Phi) is 8.87. The van der Waals surface area contributed by atoms with Crippen LogP contribution < -0.4 is 5.32 Å². The molecule has 1 heterocycles. The van der Waals surface area contributed by atoms with E-state index in [4.69, 9.17) is 11.6 Å². The summed E-state index contributed by atoms with van der Waals surface area (Å²) >= 11 is 7.74. The smallest absolute Gasteiger partial charge is 0.220 e. The van der Waals surface area contributed by atoms with Crippen LogP contribution in [0.2, 0.25) is 5.02 Å². The predicted octanol–water partition coefficient (Wildman–Crippen LogP) is 4.20. The zero-order valence-electron chi connectivity index (χ0n) is 13.7. The lowest BCUT2D eigenvalue weighted by Gasteiger charge is -2.19. The number of benzene rings is 1. The van der Waals surface area contributed by atoms with Crippen LogP contribution in [-0.2, 0) is 4.79 Å². The van der Waals surface area contributed by atoms with Crippen molar-refractivity contribution in [3.63, 3.8) is 0 Å². The molecule has 2 rings (SSSR count). The summed E-state index contributed by atoms with van der Waals surface area (Å²) in [5.41, 5.74) is 0. The van der Waals surface area contributed by atoms with Gasteiger partial charge in [0.2, 0.25) is 5.91 Å². The molecule has 1 aromatic rings. The van der Waals surface area contributed by atoms with Crippen LogP contribution in [0.25, 0.3) is 0 Å². The third kappa shape index (κ3) is 7.60. The van der Waals surface area contributed by atoms with Gasteiger partial charge in [-0.3, -0.25) is 4.79 Å². The molecule has 0 aromatic heterocycles. The maximum absolute atomic E-state index is 11.9. The molecule has 0 atom stereocenters. The van der Waals surface area contributed by atoms with E-state index in [1.54, 1.807) is 11.8 Å². The number of nitrogens with one attached hydrogen (secondary N) is 1. The molecule has 1 fully saturated rings. The summed E-state index contributed by atoms with van der Waals surface area (Å²) in [7, 11) is 0. The Hall–Kier alpha value is -0.710. The second-order valence-electron chi connectivity index (χ2n) is 5.99. The number of likely N-dealkylation sites (tertiary alicyclic amines) is 1. The molecule has 1 amide bonds. The van der Waals surface area contributed by atoms with Crippen LogP contribution in [0, 0.1) is 0 Å². The van der Waals surface area contributed by atoms with Gasteiger partial charge in [-0.05, 0) is 51.0 Å². The summed E-state index contributed by atoms with van der Waals surface area (Å²) in [6, 6.07) is 7.76. The van der Waals surface area contributed by atoms with Gasteiger partial charge in [0, 0.05) is 23.6 Å². The molecule has 0 unspecified atom stereocenters. The molecule has 1 aliphatic rings. The topological polar surface area (TPSA) is 32.3 Å². The summed E-state index contributed by atoms with van der Waals surface area (Å²) < 4.78 is 0. The maximum atomic E-state index is 11.9. The largest absolute Gasteiger partial charge is 0.356 e. The highest BCUT2D eigenvalue weighted by Crippen LogP contribution is 2.26. The van der Waals surface area contributed by atoms with E-state index in [1.807, 2.05) is 24.3 Å². The fourth-order valence-electron chi connectivity index (χ4n) is 2.79. The highest BCUT2D eigenvalue weighted by Gasteiger charge is 2.08. The third-order valence-corrected chi connectivity index (χ3v) is 5.61. The molecule has 0 bridgehead atoms. The van der Waals surface area contributed by atoms with E-state index in [9.17, 15) is 4.79 Å². The number of carbonyl (C=O) groups excluding carboxylic acids is 1. The van der Waals surface area contributed by atoms with Gasteiger partial charge in [0.05, 0.1) is 5.02 Å². The first-order chi connectivity index (χ1) is 11.3. The zero-order valence-corrected chi connectivity index (χ0v) is 15.3. The zero-order chi connectivity index (χ0) is 16.3. The van der Waals surface area contributed by atoms with Crippen LogP contribution in [0.15, 0.2) is 29.2 Å². The summed E-state index contributed by atoms with van der Waals surface area (Å²) in [5, 5.41) is 3.79. The van der Waals surface area contributed by atoms with Gasteiger partial charge in [-0.15, -0.1) is 11.8 Å². The highest BCUT2D eigenvalue weighted by atomic mass is 35.5. The molecule has 5 heteroatoms. The first kappa shape index (κ1) is 18.6.